The fourth-order valence-corrected chi connectivity index (χ4v) is 6.16. The van der Waals surface area contributed by atoms with Crippen molar-refractivity contribution in [1.29, 1.82) is 0 Å². The van der Waals surface area contributed by atoms with Gasteiger partial charge in [-0.05, 0) is 107 Å². The summed E-state index contributed by atoms with van der Waals surface area (Å²) in [6, 6.07) is 60.4. The molecule has 7 heteroatoms. The van der Waals surface area contributed by atoms with Crippen LogP contribution in [-0.2, 0) is 0 Å². The first kappa shape index (κ1) is 28.4. The third kappa shape index (κ3) is 5.49. The molecule has 0 bridgehead atoms. The monoisotopic (exact) mass is 631 g/mol. The molecule has 0 N–H and O–H groups in total. The summed E-state index contributed by atoms with van der Waals surface area (Å²) in [6.45, 7) is 0. The zero-order valence-corrected chi connectivity index (χ0v) is 26.4. The first-order valence-corrected chi connectivity index (χ1v) is 16.2. The molecule has 0 unspecified atom stereocenters. The molecular formula is C42H29N7. The van der Waals surface area contributed by atoms with E-state index in [-0.39, 0.29) is 0 Å². The highest BCUT2D eigenvalue weighted by Gasteiger charge is 2.14. The topological polar surface area (TPSA) is 64.7 Å². The molecule has 9 aromatic rings. The van der Waals surface area contributed by atoms with Gasteiger partial charge in [0.05, 0.1) is 11.4 Å². The van der Waals surface area contributed by atoms with Crippen LogP contribution in [0.3, 0.4) is 0 Å². The van der Waals surface area contributed by atoms with Crippen molar-refractivity contribution in [2.75, 3.05) is 4.90 Å². The summed E-state index contributed by atoms with van der Waals surface area (Å²) in [5, 5.41) is 18.5. The van der Waals surface area contributed by atoms with Crippen molar-refractivity contribution in [3.05, 3.63) is 176 Å². The maximum atomic E-state index is 4.61. The van der Waals surface area contributed by atoms with E-state index in [1.54, 1.807) is 9.59 Å². The van der Waals surface area contributed by atoms with Gasteiger partial charge in [0, 0.05) is 17.1 Å². The lowest BCUT2D eigenvalue weighted by molar-refractivity contribution is 0.766. The van der Waals surface area contributed by atoms with E-state index in [9.17, 15) is 0 Å². The van der Waals surface area contributed by atoms with E-state index in [4.69, 9.17) is 0 Å². The summed E-state index contributed by atoms with van der Waals surface area (Å²) in [5.41, 5.74) is 13.2. The first-order valence-electron chi connectivity index (χ1n) is 16.2. The molecule has 0 amide bonds. The van der Waals surface area contributed by atoms with Crippen molar-refractivity contribution in [2.24, 2.45) is 0 Å². The Hall–Kier alpha value is -6.86. The fourth-order valence-electron chi connectivity index (χ4n) is 6.16. The number of benzene rings is 7. The van der Waals surface area contributed by atoms with Crippen molar-refractivity contribution in [1.82, 2.24) is 30.0 Å². The standard InChI is InChI=1S/C42H29N7/c1-2-8-34(9-3-1)47(35-22-14-30(15-23-35)32-18-26-37(27-19-32)48-43-39-10-4-5-11-40(39)44-48)36-24-16-31(17-25-36)33-20-28-38(29-21-33)49-45-41-12-6-7-13-42(41)46-49/h1-29H. The van der Waals surface area contributed by atoms with E-state index in [0.717, 1.165) is 72.8 Å². The van der Waals surface area contributed by atoms with Crippen LogP contribution in [0.5, 0.6) is 0 Å². The van der Waals surface area contributed by atoms with E-state index in [0.29, 0.717) is 0 Å². The molecular weight excluding hydrogens is 603 g/mol. The predicted molar refractivity (Wildman–Crippen MR) is 197 cm³/mol. The smallest absolute Gasteiger partial charge is 0.113 e. The average molecular weight is 632 g/mol. The molecule has 0 aliphatic carbocycles. The third-order valence-corrected chi connectivity index (χ3v) is 8.70. The maximum absolute atomic E-state index is 4.61. The van der Waals surface area contributed by atoms with Gasteiger partial charge in [-0.3, -0.25) is 0 Å². The highest BCUT2D eigenvalue weighted by atomic mass is 15.5. The van der Waals surface area contributed by atoms with Crippen LogP contribution in [0.25, 0.3) is 55.7 Å². The molecule has 0 aliphatic rings. The molecule has 0 spiro atoms. The Morgan fingerprint density at radius 2 is 0.571 bits per heavy atom. The van der Waals surface area contributed by atoms with Gasteiger partial charge in [0.1, 0.15) is 22.1 Å². The molecule has 7 nitrogen and oxygen atoms in total. The minimum atomic E-state index is 0.881. The second-order valence-corrected chi connectivity index (χ2v) is 11.8. The van der Waals surface area contributed by atoms with E-state index in [1.807, 2.05) is 54.6 Å². The number of aromatic nitrogens is 6. The van der Waals surface area contributed by atoms with Gasteiger partial charge < -0.3 is 4.90 Å². The van der Waals surface area contributed by atoms with Gasteiger partial charge in [-0.1, -0.05) is 91.0 Å². The number of hydrogen-bond acceptors (Lipinski definition) is 5. The lowest BCUT2D eigenvalue weighted by Crippen LogP contribution is -2.09. The van der Waals surface area contributed by atoms with Crippen LogP contribution in [0, 0.1) is 0 Å². The Labute approximate surface area is 282 Å². The molecule has 232 valence electrons. The van der Waals surface area contributed by atoms with Gasteiger partial charge in [-0.25, -0.2) is 0 Å². The Morgan fingerprint density at radius 3 is 0.918 bits per heavy atom. The number of para-hydroxylation sites is 1. The molecule has 0 aliphatic heterocycles. The number of fused-ring (bicyclic) bond motifs is 2. The van der Waals surface area contributed by atoms with Crippen molar-refractivity contribution in [3.8, 4) is 33.6 Å². The molecule has 0 saturated heterocycles. The Bertz CT molecular complexity index is 2290. The van der Waals surface area contributed by atoms with Crippen molar-refractivity contribution < 1.29 is 0 Å². The van der Waals surface area contributed by atoms with Crippen molar-refractivity contribution >= 4 is 39.1 Å². The number of rotatable bonds is 7. The SMILES string of the molecule is c1ccc(N(c2ccc(-c3ccc(-n4nc5ccccc5n4)cc3)cc2)c2ccc(-c3ccc(-n4nc5ccccc5n4)cc3)cc2)cc1. The summed E-state index contributed by atoms with van der Waals surface area (Å²) in [5.74, 6) is 0. The first-order chi connectivity index (χ1) is 24.2. The molecule has 9 rings (SSSR count). The molecule has 0 radical (unpaired) electrons. The van der Waals surface area contributed by atoms with Crippen molar-refractivity contribution in [3.63, 3.8) is 0 Å². The molecule has 7 aromatic carbocycles. The molecule has 0 atom stereocenters. The quantitative estimate of drug-likeness (QED) is 0.175. The van der Waals surface area contributed by atoms with Crippen LogP contribution in [-0.4, -0.2) is 30.0 Å². The number of nitrogens with zero attached hydrogens (tertiary/aromatic N) is 7. The minimum absolute atomic E-state index is 0.881. The summed E-state index contributed by atoms with van der Waals surface area (Å²) in [6.07, 6.45) is 0. The van der Waals surface area contributed by atoms with Gasteiger partial charge in [-0.15, -0.1) is 20.4 Å². The lowest BCUT2D eigenvalue weighted by atomic mass is 10.0. The van der Waals surface area contributed by atoms with Crippen LogP contribution in [0.2, 0.25) is 0 Å². The molecule has 0 saturated carbocycles. The highest BCUT2D eigenvalue weighted by Crippen LogP contribution is 2.36. The minimum Gasteiger partial charge on any atom is -0.311 e. The van der Waals surface area contributed by atoms with Crippen LogP contribution < -0.4 is 4.90 Å². The second kappa shape index (κ2) is 12.1. The molecule has 2 aromatic heterocycles. The predicted octanol–water partition coefficient (Wildman–Crippen LogP) is 9.96. The number of anilines is 3. The zero-order chi connectivity index (χ0) is 32.6. The normalized spacial score (nSPS) is 11.3. The van der Waals surface area contributed by atoms with Crippen LogP contribution in [0.1, 0.15) is 0 Å². The Morgan fingerprint density at radius 1 is 0.286 bits per heavy atom. The van der Waals surface area contributed by atoms with Gasteiger partial charge in [0.2, 0.25) is 0 Å². The summed E-state index contributed by atoms with van der Waals surface area (Å²) in [4.78, 5) is 5.66. The third-order valence-electron chi connectivity index (χ3n) is 8.70. The molecule has 49 heavy (non-hydrogen) atoms. The summed E-state index contributed by atoms with van der Waals surface area (Å²) < 4.78 is 0. The van der Waals surface area contributed by atoms with E-state index >= 15 is 0 Å². The van der Waals surface area contributed by atoms with Crippen LogP contribution >= 0.6 is 0 Å². The largest absolute Gasteiger partial charge is 0.311 e. The van der Waals surface area contributed by atoms with Gasteiger partial charge in [-0.2, -0.15) is 9.59 Å². The number of hydrogen-bond donors (Lipinski definition) is 0. The highest BCUT2D eigenvalue weighted by molar-refractivity contribution is 5.80. The van der Waals surface area contributed by atoms with E-state index < -0.39 is 0 Å². The van der Waals surface area contributed by atoms with E-state index in [1.165, 1.54) is 0 Å². The van der Waals surface area contributed by atoms with Gasteiger partial charge >= 0.3 is 0 Å². The molecule has 0 fully saturated rings. The van der Waals surface area contributed by atoms with E-state index in [2.05, 4.69) is 147 Å². The van der Waals surface area contributed by atoms with Crippen LogP contribution in [0.4, 0.5) is 17.1 Å². The second-order valence-electron chi connectivity index (χ2n) is 11.8. The van der Waals surface area contributed by atoms with Crippen molar-refractivity contribution in [2.45, 2.75) is 0 Å². The average Bonchev–Trinajstić information content (AvgIpc) is 3.81. The van der Waals surface area contributed by atoms with Gasteiger partial charge in [0.15, 0.2) is 0 Å². The molecule has 2 heterocycles. The van der Waals surface area contributed by atoms with Crippen LogP contribution in [0.15, 0.2) is 176 Å². The fraction of sp³-hybridized carbons (Fsp3) is 0. The zero-order valence-electron chi connectivity index (χ0n) is 26.4. The lowest BCUT2D eigenvalue weighted by Gasteiger charge is -2.26. The van der Waals surface area contributed by atoms with Gasteiger partial charge in [0.25, 0.3) is 0 Å². The Balaban J connectivity index is 0.968. The summed E-state index contributed by atoms with van der Waals surface area (Å²) in [7, 11) is 0. The summed E-state index contributed by atoms with van der Waals surface area (Å²) >= 11 is 0. The maximum Gasteiger partial charge on any atom is 0.113 e. The Kier molecular flexibility index (Phi) is 6.98.